The maximum atomic E-state index is 12.3. The van der Waals surface area contributed by atoms with Gasteiger partial charge in [-0.3, -0.25) is 9.59 Å². The molecule has 3 rings (SSSR count). The number of amides is 1. The number of likely N-dealkylation sites (tertiary alicyclic amines) is 1. The summed E-state index contributed by atoms with van der Waals surface area (Å²) in [7, 11) is 0. The van der Waals surface area contributed by atoms with Gasteiger partial charge in [-0.15, -0.1) is 0 Å². The molecular formula is C16H17N3O4. The van der Waals surface area contributed by atoms with Crippen LogP contribution in [-0.4, -0.2) is 51.2 Å². The summed E-state index contributed by atoms with van der Waals surface area (Å²) in [5, 5.41) is 10.6. The summed E-state index contributed by atoms with van der Waals surface area (Å²) in [6, 6.07) is 9.17. The lowest BCUT2D eigenvalue weighted by molar-refractivity contribution is 0.00428. The Balaban J connectivity index is 1.64. The zero-order chi connectivity index (χ0) is 16.3. The van der Waals surface area contributed by atoms with Gasteiger partial charge in [0.1, 0.15) is 23.5 Å². The second kappa shape index (κ2) is 6.21. The Morgan fingerprint density at radius 3 is 2.91 bits per heavy atom. The summed E-state index contributed by atoms with van der Waals surface area (Å²) in [6.45, 7) is 0.568. The highest BCUT2D eigenvalue weighted by atomic mass is 16.5. The highest BCUT2D eigenvalue weighted by molar-refractivity contribution is 5.93. The summed E-state index contributed by atoms with van der Waals surface area (Å²) in [6.07, 6.45) is 2.86. The van der Waals surface area contributed by atoms with Crippen molar-refractivity contribution in [3.63, 3.8) is 0 Å². The largest absolute Gasteiger partial charge is 0.491 e. The molecule has 120 valence electrons. The number of hydrogen-bond donors (Lipinski definition) is 2. The molecule has 2 heterocycles. The fraction of sp³-hybridized carbons (Fsp3) is 0.312. The molecule has 0 aliphatic carbocycles. The molecule has 2 aromatic rings. The number of nitrogens with zero attached hydrogens (tertiary/aromatic N) is 2. The Bertz CT molecular complexity index is 746. The fourth-order valence-corrected chi connectivity index (χ4v) is 2.55. The van der Waals surface area contributed by atoms with Gasteiger partial charge >= 0.3 is 0 Å². The molecular weight excluding hydrogens is 298 g/mol. The summed E-state index contributed by atoms with van der Waals surface area (Å²) >= 11 is 0. The lowest BCUT2D eigenvalue weighted by atomic mass is 10.1. The van der Waals surface area contributed by atoms with Crippen molar-refractivity contribution < 1.29 is 14.6 Å². The van der Waals surface area contributed by atoms with E-state index in [9.17, 15) is 14.7 Å². The number of ether oxygens (including phenoxy) is 1. The zero-order valence-corrected chi connectivity index (χ0v) is 12.4. The van der Waals surface area contributed by atoms with Gasteiger partial charge in [0.15, 0.2) is 0 Å². The first-order valence-corrected chi connectivity index (χ1v) is 7.30. The second-order valence-electron chi connectivity index (χ2n) is 5.60. The highest BCUT2D eigenvalue weighted by Crippen LogP contribution is 2.23. The van der Waals surface area contributed by atoms with Crippen molar-refractivity contribution in [1.82, 2.24) is 14.9 Å². The van der Waals surface area contributed by atoms with Crippen molar-refractivity contribution in [1.29, 1.82) is 0 Å². The predicted molar refractivity (Wildman–Crippen MR) is 82.3 cm³/mol. The van der Waals surface area contributed by atoms with Crippen LogP contribution < -0.4 is 10.3 Å². The maximum absolute atomic E-state index is 12.3. The van der Waals surface area contributed by atoms with Crippen LogP contribution in [0.5, 0.6) is 5.75 Å². The second-order valence-corrected chi connectivity index (χ2v) is 5.60. The van der Waals surface area contributed by atoms with E-state index in [2.05, 4.69) is 9.97 Å². The molecule has 1 amide bonds. The lowest BCUT2D eigenvalue weighted by Crippen LogP contribution is -2.41. The Kier molecular flexibility index (Phi) is 4.12. The number of nitrogens with one attached hydrogen (secondary N) is 1. The van der Waals surface area contributed by atoms with Crippen molar-refractivity contribution in [2.24, 2.45) is 0 Å². The van der Waals surface area contributed by atoms with Crippen LogP contribution in [0.1, 0.15) is 16.8 Å². The van der Waals surface area contributed by atoms with Gasteiger partial charge in [0.25, 0.3) is 11.5 Å². The number of carbonyl (C=O) groups is 1. The molecule has 2 N–H and O–H groups in total. The minimum Gasteiger partial charge on any atom is -0.491 e. The number of benzene rings is 1. The van der Waals surface area contributed by atoms with Gasteiger partial charge in [-0.2, -0.15) is 0 Å². The van der Waals surface area contributed by atoms with E-state index in [1.165, 1.54) is 17.4 Å². The van der Waals surface area contributed by atoms with Crippen LogP contribution in [0.3, 0.4) is 0 Å². The van der Waals surface area contributed by atoms with Gasteiger partial charge in [-0.25, -0.2) is 4.98 Å². The van der Waals surface area contributed by atoms with E-state index in [1.807, 2.05) is 18.2 Å². The summed E-state index contributed by atoms with van der Waals surface area (Å²) in [4.78, 5) is 31.6. The number of aromatic nitrogens is 2. The number of hydrogen-bond acceptors (Lipinski definition) is 5. The average Bonchev–Trinajstić information content (AvgIpc) is 2.97. The van der Waals surface area contributed by atoms with Crippen molar-refractivity contribution in [3.8, 4) is 5.75 Å². The van der Waals surface area contributed by atoms with Crippen LogP contribution in [0.2, 0.25) is 0 Å². The molecule has 23 heavy (non-hydrogen) atoms. The molecule has 1 aliphatic rings. The topological polar surface area (TPSA) is 95.5 Å². The van der Waals surface area contributed by atoms with Crippen LogP contribution in [0.25, 0.3) is 0 Å². The maximum Gasteiger partial charge on any atom is 0.263 e. The summed E-state index contributed by atoms with van der Waals surface area (Å²) in [5.74, 6) is 0.226. The van der Waals surface area contributed by atoms with E-state index >= 15 is 0 Å². The average molecular weight is 315 g/mol. The Hall–Kier alpha value is -2.67. The molecule has 1 saturated heterocycles. The third-order valence-corrected chi connectivity index (χ3v) is 3.82. The molecule has 0 radical (unpaired) electrons. The summed E-state index contributed by atoms with van der Waals surface area (Å²) < 4.78 is 5.58. The normalized spacial score (nSPS) is 20.5. The van der Waals surface area contributed by atoms with Gasteiger partial charge in [-0.05, 0) is 18.6 Å². The van der Waals surface area contributed by atoms with E-state index in [4.69, 9.17) is 4.74 Å². The Labute approximate surface area is 132 Å². The zero-order valence-electron chi connectivity index (χ0n) is 12.4. The quantitative estimate of drug-likeness (QED) is 0.853. The van der Waals surface area contributed by atoms with Gasteiger partial charge in [0.05, 0.1) is 12.9 Å². The van der Waals surface area contributed by atoms with Crippen molar-refractivity contribution in [2.45, 2.75) is 12.0 Å². The highest BCUT2D eigenvalue weighted by Gasteiger charge is 2.39. The smallest absolute Gasteiger partial charge is 0.263 e. The van der Waals surface area contributed by atoms with E-state index in [0.29, 0.717) is 18.7 Å². The molecule has 7 nitrogen and oxygen atoms in total. The molecule has 7 heteroatoms. The van der Waals surface area contributed by atoms with Crippen LogP contribution >= 0.6 is 0 Å². The van der Waals surface area contributed by atoms with Crippen LogP contribution in [0, 0.1) is 0 Å². The minimum absolute atomic E-state index is 0.0271. The van der Waals surface area contributed by atoms with E-state index in [0.717, 1.165) is 0 Å². The van der Waals surface area contributed by atoms with Gasteiger partial charge in [0.2, 0.25) is 0 Å². The first kappa shape index (κ1) is 15.2. The molecule has 0 spiro atoms. The SMILES string of the molecule is O=C(c1cnc[nH]c1=O)N1CCC(O)(COc2ccccc2)C1. The molecule has 0 bridgehead atoms. The van der Waals surface area contributed by atoms with Gasteiger partial charge in [-0.1, -0.05) is 18.2 Å². The molecule has 1 aromatic carbocycles. The van der Waals surface area contributed by atoms with E-state index in [-0.39, 0.29) is 18.7 Å². The Morgan fingerprint density at radius 2 is 2.17 bits per heavy atom. The van der Waals surface area contributed by atoms with Crippen molar-refractivity contribution in [2.75, 3.05) is 19.7 Å². The lowest BCUT2D eigenvalue weighted by Gasteiger charge is -2.23. The standard InChI is InChI=1S/C16H17N3O4/c20-14-13(8-17-11-18-14)15(21)19-7-6-16(22,9-19)10-23-12-4-2-1-3-5-12/h1-5,8,11,22H,6-7,9-10H2,(H,17,18,20). The van der Waals surface area contributed by atoms with Crippen LogP contribution in [0.15, 0.2) is 47.7 Å². The predicted octanol–water partition coefficient (Wildman–Crippen LogP) is 0.426. The molecule has 1 fully saturated rings. The first-order valence-electron chi connectivity index (χ1n) is 7.30. The number of aliphatic hydroxyl groups is 1. The Morgan fingerprint density at radius 1 is 1.39 bits per heavy atom. The molecule has 1 unspecified atom stereocenters. The van der Waals surface area contributed by atoms with Crippen LogP contribution in [-0.2, 0) is 0 Å². The number of rotatable bonds is 4. The van der Waals surface area contributed by atoms with Gasteiger partial charge in [0, 0.05) is 12.7 Å². The summed E-state index contributed by atoms with van der Waals surface area (Å²) in [5.41, 5.74) is -1.64. The molecule has 1 aliphatic heterocycles. The number of aromatic amines is 1. The van der Waals surface area contributed by atoms with E-state index in [1.54, 1.807) is 12.1 Å². The minimum atomic E-state index is -1.12. The number of H-pyrrole nitrogens is 1. The van der Waals surface area contributed by atoms with Crippen molar-refractivity contribution >= 4 is 5.91 Å². The fourth-order valence-electron chi connectivity index (χ4n) is 2.55. The molecule has 1 aromatic heterocycles. The van der Waals surface area contributed by atoms with Crippen molar-refractivity contribution in [3.05, 3.63) is 58.8 Å². The first-order chi connectivity index (χ1) is 11.1. The monoisotopic (exact) mass is 315 g/mol. The van der Waals surface area contributed by atoms with Gasteiger partial charge < -0.3 is 19.7 Å². The third-order valence-electron chi connectivity index (χ3n) is 3.82. The van der Waals surface area contributed by atoms with Crippen LogP contribution in [0.4, 0.5) is 0 Å². The number of para-hydroxylation sites is 1. The number of carbonyl (C=O) groups excluding carboxylic acids is 1. The molecule has 0 saturated carbocycles. The third kappa shape index (κ3) is 3.40. The molecule has 1 atom stereocenters. The number of β-amino-alcohol motifs (C(OH)–C–C–N with tert-alkyl or cyclic N) is 1. The van der Waals surface area contributed by atoms with E-state index < -0.39 is 17.1 Å².